The Kier molecular flexibility index (Phi) is 6.22. The minimum absolute atomic E-state index is 0.0211. The SMILES string of the molecule is C[C@@H]1CN2C=C(N3CCOC[C@@H]3C)C=C(C(=O)N[C@H](C)c3cccc(C(F)(F)F)c3F)C2=N1. The van der Waals surface area contributed by atoms with Gasteiger partial charge in [-0.1, -0.05) is 12.1 Å². The maximum atomic E-state index is 14.6. The van der Waals surface area contributed by atoms with E-state index in [0.29, 0.717) is 43.8 Å². The fraction of sp³-hybridized carbons (Fsp3) is 0.478. The third kappa shape index (κ3) is 4.62. The Morgan fingerprint density at radius 1 is 1.30 bits per heavy atom. The lowest BCUT2D eigenvalue weighted by Crippen LogP contribution is -2.45. The molecule has 4 rings (SSSR count). The van der Waals surface area contributed by atoms with Crippen LogP contribution < -0.4 is 5.32 Å². The van der Waals surface area contributed by atoms with E-state index in [-0.39, 0.29) is 17.6 Å². The van der Waals surface area contributed by atoms with Crippen LogP contribution in [0.15, 0.2) is 46.7 Å². The number of fused-ring (bicyclic) bond motifs is 1. The van der Waals surface area contributed by atoms with Gasteiger partial charge in [-0.05, 0) is 32.9 Å². The number of amidine groups is 1. The largest absolute Gasteiger partial charge is 0.419 e. The van der Waals surface area contributed by atoms with Crippen LogP contribution in [0.5, 0.6) is 0 Å². The highest BCUT2D eigenvalue weighted by atomic mass is 19.4. The van der Waals surface area contributed by atoms with Crippen LogP contribution in [0.1, 0.15) is 37.9 Å². The highest BCUT2D eigenvalue weighted by Crippen LogP contribution is 2.34. The van der Waals surface area contributed by atoms with Crippen LogP contribution in [0.4, 0.5) is 17.6 Å². The molecule has 0 spiro atoms. The Bertz CT molecular complexity index is 1030. The number of allylic oxidation sites excluding steroid dienone is 1. The lowest BCUT2D eigenvalue weighted by molar-refractivity contribution is -0.140. The molecule has 0 saturated carbocycles. The number of morpholine rings is 1. The average Bonchev–Trinajstić information content (AvgIpc) is 3.12. The van der Waals surface area contributed by atoms with Gasteiger partial charge in [-0.2, -0.15) is 13.2 Å². The van der Waals surface area contributed by atoms with E-state index in [2.05, 4.69) is 15.2 Å². The molecular weight excluding hydrogens is 440 g/mol. The number of aliphatic imine (C=N–C) groups is 1. The van der Waals surface area contributed by atoms with E-state index in [0.717, 1.165) is 11.8 Å². The number of rotatable bonds is 4. The van der Waals surface area contributed by atoms with Gasteiger partial charge in [0.05, 0.1) is 42.1 Å². The van der Waals surface area contributed by atoms with Crippen LogP contribution in [0.2, 0.25) is 0 Å². The quantitative estimate of drug-likeness (QED) is 0.689. The first-order valence-corrected chi connectivity index (χ1v) is 10.9. The number of benzene rings is 1. The van der Waals surface area contributed by atoms with Gasteiger partial charge in [-0.25, -0.2) is 4.39 Å². The van der Waals surface area contributed by atoms with Crippen molar-refractivity contribution in [3.8, 4) is 0 Å². The molecule has 1 saturated heterocycles. The second-order valence-electron chi connectivity index (χ2n) is 8.59. The van der Waals surface area contributed by atoms with Gasteiger partial charge in [0.2, 0.25) is 0 Å². The van der Waals surface area contributed by atoms with E-state index < -0.39 is 29.5 Å². The van der Waals surface area contributed by atoms with Crippen LogP contribution in [0, 0.1) is 5.82 Å². The Morgan fingerprint density at radius 3 is 2.76 bits per heavy atom. The molecule has 10 heteroatoms. The van der Waals surface area contributed by atoms with Gasteiger partial charge in [-0.15, -0.1) is 0 Å². The molecule has 0 unspecified atom stereocenters. The predicted octanol–water partition coefficient (Wildman–Crippen LogP) is 3.63. The number of nitrogens with one attached hydrogen (secondary N) is 1. The summed E-state index contributed by atoms with van der Waals surface area (Å²) in [5.74, 6) is -1.41. The highest BCUT2D eigenvalue weighted by molar-refractivity contribution is 6.22. The maximum Gasteiger partial charge on any atom is 0.419 e. The van der Waals surface area contributed by atoms with Crippen LogP contribution in [0.3, 0.4) is 0 Å². The van der Waals surface area contributed by atoms with Crippen LogP contribution in [-0.4, -0.2) is 59.9 Å². The van der Waals surface area contributed by atoms with E-state index >= 15 is 0 Å². The summed E-state index contributed by atoms with van der Waals surface area (Å²) in [5, 5.41) is 2.66. The Balaban J connectivity index is 1.61. The lowest BCUT2D eigenvalue weighted by atomic mass is 10.0. The summed E-state index contributed by atoms with van der Waals surface area (Å²) >= 11 is 0. The first kappa shape index (κ1) is 23.3. The van der Waals surface area contributed by atoms with E-state index in [9.17, 15) is 22.4 Å². The normalized spacial score (nSPS) is 24.0. The zero-order valence-corrected chi connectivity index (χ0v) is 18.6. The van der Waals surface area contributed by atoms with Crippen molar-refractivity contribution in [2.24, 2.45) is 4.99 Å². The Hall–Kier alpha value is -2.88. The summed E-state index contributed by atoms with van der Waals surface area (Å²) in [6.07, 6.45) is -1.13. The zero-order chi connectivity index (χ0) is 23.9. The predicted molar refractivity (Wildman–Crippen MR) is 115 cm³/mol. The Labute approximate surface area is 189 Å². The fourth-order valence-electron chi connectivity index (χ4n) is 4.33. The van der Waals surface area contributed by atoms with Crippen molar-refractivity contribution >= 4 is 11.7 Å². The molecule has 1 amide bonds. The number of amides is 1. The van der Waals surface area contributed by atoms with Crippen molar-refractivity contribution in [2.45, 2.75) is 45.1 Å². The number of hydrogen-bond donors (Lipinski definition) is 1. The van der Waals surface area contributed by atoms with Crippen molar-refractivity contribution in [1.82, 2.24) is 15.1 Å². The molecule has 178 valence electrons. The van der Waals surface area contributed by atoms with Crippen LogP contribution in [-0.2, 0) is 15.7 Å². The number of hydrogen-bond acceptors (Lipinski definition) is 5. The number of nitrogens with zero attached hydrogens (tertiary/aromatic N) is 3. The molecule has 3 aliphatic rings. The number of alkyl halides is 3. The molecule has 3 atom stereocenters. The molecule has 0 aliphatic carbocycles. The smallest absolute Gasteiger partial charge is 0.377 e. The number of carbonyl (C=O) groups excluding carboxylic acids is 1. The monoisotopic (exact) mass is 466 g/mol. The summed E-state index contributed by atoms with van der Waals surface area (Å²) in [7, 11) is 0. The maximum absolute atomic E-state index is 14.6. The summed E-state index contributed by atoms with van der Waals surface area (Å²) in [6.45, 7) is 7.84. The Morgan fingerprint density at radius 2 is 2.06 bits per heavy atom. The lowest BCUT2D eigenvalue weighted by Gasteiger charge is -2.38. The third-order valence-electron chi connectivity index (χ3n) is 5.99. The van der Waals surface area contributed by atoms with Gasteiger partial charge in [-0.3, -0.25) is 9.79 Å². The summed E-state index contributed by atoms with van der Waals surface area (Å²) in [5.41, 5.74) is -0.452. The first-order chi connectivity index (χ1) is 15.6. The molecule has 1 N–H and O–H groups in total. The second-order valence-corrected chi connectivity index (χ2v) is 8.59. The van der Waals surface area contributed by atoms with Gasteiger partial charge in [0.1, 0.15) is 11.7 Å². The summed E-state index contributed by atoms with van der Waals surface area (Å²) in [6, 6.07) is 2.17. The van der Waals surface area contributed by atoms with Gasteiger partial charge < -0.3 is 19.9 Å². The molecule has 33 heavy (non-hydrogen) atoms. The van der Waals surface area contributed by atoms with Gasteiger partial charge in [0, 0.05) is 30.9 Å². The van der Waals surface area contributed by atoms with E-state index in [1.54, 1.807) is 6.08 Å². The summed E-state index contributed by atoms with van der Waals surface area (Å²) in [4.78, 5) is 21.8. The number of halogens is 4. The number of ether oxygens (including phenoxy) is 1. The number of carbonyl (C=O) groups is 1. The highest BCUT2D eigenvalue weighted by Gasteiger charge is 2.37. The molecule has 0 radical (unpaired) electrons. The molecule has 0 aromatic heterocycles. The summed E-state index contributed by atoms with van der Waals surface area (Å²) < 4.78 is 59.4. The van der Waals surface area contributed by atoms with E-state index in [1.807, 2.05) is 24.9 Å². The molecular formula is C23H26F4N4O2. The molecule has 3 heterocycles. The zero-order valence-electron chi connectivity index (χ0n) is 18.6. The second kappa shape index (κ2) is 8.81. The van der Waals surface area contributed by atoms with Crippen LogP contribution >= 0.6 is 0 Å². The van der Waals surface area contributed by atoms with Crippen molar-refractivity contribution in [3.05, 3.63) is 58.7 Å². The standard InChI is InChI=1S/C23H26F4N4O2/c1-13-10-30-11-16(31-7-8-33-12-14(31)2)9-18(21(30)28-13)22(32)29-15(3)17-5-4-6-19(20(17)24)23(25,26)27/h4-6,9,11,13-15H,7-8,10,12H2,1-3H3,(H,29,32)/t13-,14+,15-/m1/s1. The van der Waals surface area contributed by atoms with Gasteiger partial charge in [0.25, 0.3) is 5.91 Å². The van der Waals surface area contributed by atoms with Crippen molar-refractivity contribution in [1.29, 1.82) is 0 Å². The topological polar surface area (TPSA) is 57.2 Å². The van der Waals surface area contributed by atoms with Crippen LogP contribution in [0.25, 0.3) is 0 Å². The minimum Gasteiger partial charge on any atom is -0.377 e. The molecule has 0 bridgehead atoms. The molecule has 6 nitrogen and oxygen atoms in total. The molecule has 1 fully saturated rings. The van der Waals surface area contributed by atoms with Crippen molar-refractivity contribution in [3.63, 3.8) is 0 Å². The minimum atomic E-state index is -4.82. The molecule has 3 aliphatic heterocycles. The fourth-order valence-corrected chi connectivity index (χ4v) is 4.33. The van der Waals surface area contributed by atoms with Gasteiger partial charge in [0.15, 0.2) is 0 Å². The van der Waals surface area contributed by atoms with Crippen molar-refractivity contribution < 1.29 is 27.1 Å². The first-order valence-electron chi connectivity index (χ1n) is 10.9. The van der Waals surface area contributed by atoms with Crippen molar-refractivity contribution in [2.75, 3.05) is 26.3 Å². The van der Waals surface area contributed by atoms with E-state index in [4.69, 9.17) is 4.74 Å². The molecule has 1 aromatic carbocycles. The molecule has 1 aromatic rings. The van der Waals surface area contributed by atoms with Gasteiger partial charge >= 0.3 is 6.18 Å². The average molecular weight is 466 g/mol. The third-order valence-corrected chi connectivity index (χ3v) is 5.99. The van der Waals surface area contributed by atoms with E-state index in [1.165, 1.54) is 13.0 Å².